The van der Waals surface area contributed by atoms with E-state index < -0.39 is 37.9 Å². The van der Waals surface area contributed by atoms with E-state index in [2.05, 4.69) is 15.3 Å². The number of amides is 1. The Morgan fingerprint density at radius 1 is 1.38 bits per heavy atom. The summed E-state index contributed by atoms with van der Waals surface area (Å²) in [7, 11) is -3.36. The average molecular weight is 483 g/mol. The van der Waals surface area contributed by atoms with Gasteiger partial charge < -0.3 is 15.8 Å². The van der Waals surface area contributed by atoms with E-state index in [1.807, 2.05) is 0 Å². The van der Waals surface area contributed by atoms with Gasteiger partial charge in [0, 0.05) is 17.4 Å². The third-order valence-corrected chi connectivity index (χ3v) is 9.40. The molecule has 2 aliphatic rings. The highest BCUT2D eigenvalue weighted by Gasteiger charge is 2.61. The van der Waals surface area contributed by atoms with Crippen molar-refractivity contribution in [3.05, 3.63) is 58.1 Å². The number of hydrogen-bond acceptors (Lipinski definition) is 7. The number of pyridine rings is 1. The molecule has 4 rings (SSSR count). The summed E-state index contributed by atoms with van der Waals surface area (Å²) in [5.74, 6) is -1.11. The number of benzene rings is 1. The molecule has 1 amide bonds. The number of halogens is 2. The summed E-state index contributed by atoms with van der Waals surface area (Å²) in [5, 5.41) is 2.22. The number of fused-ring (bicyclic) bond motifs is 1. The number of rotatable bonds is 3. The zero-order valence-corrected chi connectivity index (χ0v) is 19.3. The van der Waals surface area contributed by atoms with E-state index in [9.17, 15) is 13.9 Å². The number of nitrogens with one attached hydrogen (secondary N) is 1. The molecule has 0 radical (unpaired) electrons. The molecular weight excluding hydrogens is 459 g/mol. The number of anilines is 1. The van der Waals surface area contributed by atoms with E-state index in [1.165, 1.54) is 24.4 Å². The van der Waals surface area contributed by atoms with Crippen molar-refractivity contribution in [3.63, 3.8) is 0 Å². The zero-order valence-electron chi connectivity index (χ0n) is 17.7. The average Bonchev–Trinajstić information content (AvgIpc) is 3.14. The predicted octanol–water partition coefficient (Wildman–Crippen LogP) is 3.93. The van der Waals surface area contributed by atoms with Gasteiger partial charge in [0.1, 0.15) is 32.9 Å². The lowest BCUT2D eigenvalue weighted by molar-refractivity contribution is 0.102. The lowest BCUT2D eigenvalue weighted by Crippen LogP contribution is -2.57. The highest BCUT2D eigenvalue weighted by atomic mass is 35.5. The first-order valence-electron chi connectivity index (χ1n) is 9.84. The van der Waals surface area contributed by atoms with Crippen LogP contribution in [0.25, 0.3) is 0 Å². The molecule has 2 aromatic rings. The van der Waals surface area contributed by atoms with E-state index >= 15 is 4.39 Å². The largest absolute Gasteiger partial charge is 0.386 e. The van der Waals surface area contributed by atoms with Gasteiger partial charge in [-0.15, -0.1) is 0 Å². The number of amidine groups is 1. The monoisotopic (exact) mass is 482 g/mol. The number of carbonyl (C=O) groups is 1. The van der Waals surface area contributed by atoms with Gasteiger partial charge in [0.05, 0.1) is 18.2 Å². The van der Waals surface area contributed by atoms with Gasteiger partial charge in [0.25, 0.3) is 5.91 Å². The van der Waals surface area contributed by atoms with Gasteiger partial charge in [-0.2, -0.15) is 10.6 Å². The molecule has 1 unspecified atom stereocenters. The fraction of sp³-hybridized carbons (Fsp3) is 0.381. The molecule has 3 heterocycles. The molecule has 2 aliphatic heterocycles. The number of hydrogen-bond donors (Lipinski definition) is 4. The van der Waals surface area contributed by atoms with Crippen LogP contribution in [0.3, 0.4) is 0 Å². The Bertz CT molecular complexity index is 1140. The molecule has 1 aromatic carbocycles. The Morgan fingerprint density at radius 3 is 2.78 bits per heavy atom. The summed E-state index contributed by atoms with van der Waals surface area (Å²) in [5.41, 5.74) is 5.82. The minimum Gasteiger partial charge on any atom is -0.386 e. The second-order valence-electron chi connectivity index (χ2n) is 8.50. The van der Waals surface area contributed by atoms with Gasteiger partial charge in [-0.1, -0.05) is 11.6 Å². The molecule has 0 saturated carbocycles. The first kappa shape index (κ1) is 22.9. The molecule has 1 aromatic heterocycles. The smallest absolute Gasteiger partial charge is 0.274 e. The fourth-order valence-corrected chi connectivity index (χ4v) is 6.45. The van der Waals surface area contributed by atoms with Crippen LogP contribution in [0, 0.1) is 12.7 Å². The maximum absolute atomic E-state index is 15.1. The van der Waals surface area contributed by atoms with Crippen LogP contribution in [0.15, 0.2) is 35.5 Å². The highest BCUT2D eigenvalue weighted by Crippen LogP contribution is 2.66. The standard InChI is InChI=1S/C21H24ClFN4O4S/c1-11-6-12(22)8-25-17(11)18(28)26-13-4-5-15(23)14(7-13)21-10-31-9-16(21)32(29,30)20(2,3)19(24)27-21/h4-8,16,29-30H,9-10H2,1-3H3,(H2,24,27)(H,26,28)/t16-,21?/m0/s1. The van der Waals surface area contributed by atoms with Crippen molar-refractivity contribution in [1.29, 1.82) is 0 Å². The third-order valence-electron chi connectivity index (χ3n) is 6.16. The van der Waals surface area contributed by atoms with Crippen LogP contribution < -0.4 is 11.1 Å². The van der Waals surface area contributed by atoms with Crippen LogP contribution in [-0.4, -0.2) is 49.0 Å². The topological polar surface area (TPSA) is 130 Å². The Kier molecular flexibility index (Phi) is 5.50. The minimum absolute atomic E-state index is 0.00748. The molecule has 0 aliphatic carbocycles. The highest BCUT2D eigenvalue weighted by molar-refractivity contribution is 8.26. The number of aromatic nitrogens is 1. The van der Waals surface area contributed by atoms with E-state index in [0.717, 1.165) is 0 Å². The lowest BCUT2D eigenvalue weighted by atomic mass is 9.87. The van der Waals surface area contributed by atoms with Gasteiger partial charge in [0.2, 0.25) is 0 Å². The maximum atomic E-state index is 15.1. The molecule has 172 valence electrons. The van der Waals surface area contributed by atoms with E-state index in [1.54, 1.807) is 26.8 Å². The summed E-state index contributed by atoms with van der Waals surface area (Å²) in [6.45, 7) is 4.81. The molecule has 8 nitrogen and oxygen atoms in total. The second kappa shape index (κ2) is 7.67. The number of nitrogens with two attached hydrogens (primary N) is 1. The van der Waals surface area contributed by atoms with Crippen molar-refractivity contribution in [1.82, 2.24) is 4.98 Å². The van der Waals surface area contributed by atoms with Crippen LogP contribution in [0.5, 0.6) is 0 Å². The SMILES string of the molecule is Cc1cc(Cl)cnc1C(=O)Nc1ccc(F)c(C23COC[C@@H]2S(O)(O)C(C)(C)C(N)=N3)c1. The Labute approximate surface area is 191 Å². The Balaban J connectivity index is 1.76. The molecule has 1 fully saturated rings. The minimum atomic E-state index is -3.36. The van der Waals surface area contributed by atoms with Gasteiger partial charge >= 0.3 is 0 Å². The molecule has 2 atom stereocenters. The van der Waals surface area contributed by atoms with E-state index in [4.69, 9.17) is 22.1 Å². The maximum Gasteiger partial charge on any atom is 0.274 e. The van der Waals surface area contributed by atoms with Crippen molar-refractivity contribution in [3.8, 4) is 0 Å². The Morgan fingerprint density at radius 2 is 2.09 bits per heavy atom. The van der Waals surface area contributed by atoms with Crippen molar-refractivity contribution in [2.45, 2.75) is 36.3 Å². The van der Waals surface area contributed by atoms with Crippen LogP contribution in [0.2, 0.25) is 5.02 Å². The van der Waals surface area contributed by atoms with Crippen molar-refractivity contribution in [2.75, 3.05) is 18.5 Å². The molecule has 1 saturated heterocycles. The molecule has 32 heavy (non-hydrogen) atoms. The quantitative estimate of drug-likeness (QED) is 0.524. The zero-order chi connectivity index (χ0) is 23.5. The summed E-state index contributed by atoms with van der Waals surface area (Å²) in [4.78, 5) is 21.3. The molecule has 0 spiro atoms. The number of ether oxygens (including phenoxy) is 1. The van der Waals surface area contributed by atoms with Gasteiger partial charge in [-0.05, 0) is 50.6 Å². The van der Waals surface area contributed by atoms with Gasteiger partial charge in [0.15, 0.2) is 0 Å². The van der Waals surface area contributed by atoms with E-state index in [-0.39, 0.29) is 36.0 Å². The number of carbonyl (C=O) groups excluding carboxylic acids is 1. The third kappa shape index (κ3) is 3.37. The second-order valence-corrected chi connectivity index (χ2v) is 11.7. The molecular formula is C21H24ClFN4O4S. The van der Waals surface area contributed by atoms with Crippen LogP contribution in [0.4, 0.5) is 10.1 Å². The van der Waals surface area contributed by atoms with Crippen molar-refractivity contribution >= 4 is 39.6 Å². The van der Waals surface area contributed by atoms with Gasteiger partial charge in [-0.25, -0.2) is 9.37 Å². The first-order chi connectivity index (χ1) is 14.9. The van der Waals surface area contributed by atoms with Crippen molar-refractivity contribution in [2.24, 2.45) is 10.7 Å². The summed E-state index contributed by atoms with van der Waals surface area (Å²) in [6, 6.07) is 5.63. The molecule has 0 bridgehead atoms. The van der Waals surface area contributed by atoms with Crippen LogP contribution in [0.1, 0.15) is 35.5 Å². The van der Waals surface area contributed by atoms with Crippen LogP contribution >= 0.6 is 22.2 Å². The first-order valence-corrected chi connectivity index (χ1v) is 11.8. The fourth-order valence-electron chi connectivity index (χ4n) is 4.10. The van der Waals surface area contributed by atoms with Crippen LogP contribution in [-0.2, 0) is 10.3 Å². The van der Waals surface area contributed by atoms with Crippen molar-refractivity contribution < 1.29 is 23.0 Å². The van der Waals surface area contributed by atoms with Gasteiger partial charge in [-0.3, -0.25) is 18.9 Å². The lowest BCUT2D eigenvalue weighted by Gasteiger charge is -2.56. The van der Waals surface area contributed by atoms with E-state index in [0.29, 0.717) is 10.6 Å². The molecule has 11 heteroatoms. The number of aryl methyl sites for hydroxylation is 1. The molecule has 5 N–H and O–H groups in total. The predicted molar refractivity (Wildman–Crippen MR) is 123 cm³/mol. The summed E-state index contributed by atoms with van der Waals surface area (Å²) < 4.78 is 41.6. The summed E-state index contributed by atoms with van der Waals surface area (Å²) >= 11 is 5.90. The summed E-state index contributed by atoms with van der Waals surface area (Å²) in [6.07, 6.45) is 1.37. The Hall–Kier alpha value is -2.24. The normalized spacial score (nSPS) is 26.7. The number of nitrogens with zero attached hydrogens (tertiary/aromatic N) is 2. The number of aliphatic imine (C=N–C) groups is 1.